The third kappa shape index (κ3) is 2.94. The van der Waals surface area contributed by atoms with Crippen LogP contribution in [0.4, 0.5) is 10.1 Å². The lowest BCUT2D eigenvalue weighted by molar-refractivity contribution is -0.124. The van der Waals surface area contributed by atoms with Crippen LogP contribution in [0.3, 0.4) is 0 Å². The fourth-order valence-electron chi connectivity index (χ4n) is 2.87. The molecule has 3 rings (SSSR count). The standard InChI is InChI=1S/C19H18ClFN2O/c1-19(2,3)23-15-10-9-13(20)11-14(15)16(22-17(21)18(23)24)12-7-5-4-6-8-12/h4-11,17H,1-3H3. The predicted molar refractivity (Wildman–Crippen MR) is 95.7 cm³/mol. The van der Waals surface area contributed by atoms with E-state index in [2.05, 4.69) is 4.99 Å². The summed E-state index contributed by atoms with van der Waals surface area (Å²) in [6.07, 6.45) is -1.95. The summed E-state index contributed by atoms with van der Waals surface area (Å²) in [5.74, 6) is -0.669. The molecule has 1 heterocycles. The van der Waals surface area contributed by atoms with Crippen LogP contribution in [0.25, 0.3) is 0 Å². The third-order valence-electron chi connectivity index (χ3n) is 3.84. The van der Waals surface area contributed by atoms with Gasteiger partial charge in [-0.15, -0.1) is 0 Å². The second kappa shape index (κ2) is 6.02. The molecule has 0 saturated carbocycles. The highest BCUT2D eigenvalue weighted by molar-refractivity contribution is 6.32. The van der Waals surface area contributed by atoms with Crippen LogP contribution in [0.2, 0.25) is 5.02 Å². The van der Waals surface area contributed by atoms with Crippen LogP contribution in [0.5, 0.6) is 0 Å². The highest BCUT2D eigenvalue weighted by Crippen LogP contribution is 2.35. The molecular formula is C19H18ClFN2O. The van der Waals surface area contributed by atoms with Gasteiger partial charge in [-0.3, -0.25) is 4.79 Å². The van der Waals surface area contributed by atoms with E-state index >= 15 is 0 Å². The Balaban J connectivity index is 2.30. The van der Waals surface area contributed by atoms with Gasteiger partial charge < -0.3 is 4.90 Å². The quantitative estimate of drug-likeness (QED) is 0.695. The van der Waals surface area contributed by atoms with Crippen molar-refractivity contribution in [3.63, 3.8) is 0 Å². The number of aliphatic imine (C=N–C) groups is 1. The molecule has 24 heavy (non-hydrogen) atoms. The summed E-state index contributed by atoms with van der Waals surface area (Å²) < 4.78 is 14.6. The molecule has 0 radical (unpaired) electrons. The maximum absolute atomic E-state index is 14.6. The second-order valence-corrected chi connectivity index (χ2v) is 7.12. The largest absolute Gasteiger partial charge is 0.302 e. The van der Waals surface area contributed by atoms with Crippen LogP contribution < -0.4 is 4.90 Å². The average molecular weight is 345 g/mol. The molecule has 0 N–H and O–H groups in total. The van der Waals surface area contributed by atoms with Crippen LogP contribution >= 0.6 is 11.6 Å². The Morgan fingerprint density at radius 3 is 2.42 bits per heavy atom. The number of amides is 1. The Kier molecular flexibility index (Phi) is 4.18. The number of rotatable bonds is 1. The molecule has 0 aliphatic carbocycles. The van der Waals surface area contributed by atoms with E-state index in [1.54, 1.807) is 18.2 Å². The summed E-state index contributed by atoms with van der Waals surface area (Å²) in [5.41, 5.74) is 1.84. The number of hydrogen-bond acceptors (Lipinski definition) is 2. The molecule has 0 aromatic heterocycles. The average Bonchev–Trinajstić information content (AvgIpc) is 2.63. The normalized spacial score (nSPS) is 18.0. The lowest BCUT2D eigenvalue weighted by Gasteiger charge is -2.36. The van der Waals surface area contributed by atoms with E-state index < -0.39 is 17.7 Å². The number of nitrogens with zero attached hydrogens (tertiary/aromatic N) is 2. The zero-order valence-electron chi connectivity index (χ0n) is 13.8. The molecule has 124 valence electrons. The molecule has 3 nitrogen and oxygen atoms in total. The van der Waals surface area contributed by atoms with E-state index in [0.29, 0.717) is 22.0 Å². The Labute approximate surface area is 145 Å². The number of fused-ring (bicyclic) bond motifs is 1. The number of halogens is 2. The Morgan fingerprint density at radius 1 is 1.12 bits per heavy atom. The van der Waals surface area contributed by atoms with E-state index in [1.807, 2.05) is 51.1 Å². The van der Waals surface area contributed by atoms with Gasteiger partial charge in [-0.25, -0.2) is 9.38 Å². The van der Waals surface area contributed by atoms with Crippen molar-refractivity contribution in [3.8, 4) is 0 Å². The molecule has 0 spiro atoms. The minimum Gasteiger partial charge on any atom is -0.302 e. The van der Waals surface area contributed by atoms with Gasteiger partial charge in [0.1, 0.15) is 0 Å². The van der Waals surface area contributed by atoms with Crippen LogP contribution in [-0.4, -0.2) is 23.5 Å². The maximum Gasteiger partial charge on any atom is 0.284 e. The Morgan fingerprint density at radius 2 is 1.79 bits per heavy atom. The third-order valence-corrected chi connectivity index (χ3v) is 4.07. The van der Waals surface area contributed by atoms with Crippen LogP contribution in [0.1, 0.15) is 31.9 Å². The van der Waals surface area contributed by atoms with Crippen molar-refractivity contribution >= 4 is 28.9 Å². The van der Waals surface area contributed by atoms with Gasteiger partial charge in [0.25, 0.3) is 12.2 Å². The van der Waals surface area contributed by atoms with Crippen LogP contribution in [0.15, 0.2) is 53.5 Å². The van der Waals surface area contributed by atoms with E-state index in [0.717, 1.165) is 5.56 Å². The first kappa shape index (κ1) is 16.7. The lowest BCUT2D eigenvalue weighted by Crippen LogP contribution is -2.48. The smallest absolute Gasteiger partial charge is 0.284 e. The molecule has 5 heteroatoms. The monoisotopic (exact) mass is 344 g/mol. The zero-order chi connectivity index (χ0) is 17.5. The van der Waals surface area contributed by atoms with E-state index in [-0.39, 0.29) is 0 Å². The highest BCUT2D eigenvalue weighted by Gasteiger charge is 2.37. The first-order chi connectivity index (χ1) is 11.3. The van der Waals surface area contributed by atoms with E-state index in [1.165, 1.54) is 4.90 Å². The van der Waals surface area contributed by atoms with Gasteiger partial charge in [-0.05, 0) is 39.0 Å². The minimum absolute atomic E-state index is 0.431. The van der Waals surface area contributed by atoms with Crippen molar-refractivity contribution in [1.82, 2.24) is 0 Å². The van der Waals surface area contributed by atoms with Crippen LogP contribution in [-0.2, 0) is 4.79 Å². The van der Waals surface area contributed by atoms with Gasteiger partial charge in [-0.2, -0.15) is 0 Å². The fraction of sp³-hybridized carbons (Fsp3) is 0.263. The van der Waals surface area contributed by atoms with E-state index in [9.17, 15) is 9.18 Å². The predicted octanol–water partition coefficient (Wildman–Crippen LogP) is 4.62. The van der Waals surface area contributed by atoms with Gasteiger partial charge in [0, 0.05) is 21.7 Å². The molecule has 0 saturated heterocycles. The molecular weight excluding hydrogens is 327 g/mol. The summed E-state index contributed by atoms with van der Waals surface area (Å²) in [4.78, 5) is 18.2. The number of benzodiazepines with no additional fused rings is 1. The molecule has 0 bridgehead atoms. The molecule has 1 atom stereocenters. The summed E-state index contributed by atoms with van der Waals surface area (Å²) in [5, 5.41) is 0.510. The molecule has 1 unspecified atom stereocenters. The van der Waals surface area contributed by atoms with Gasteiger partial charge in [-0.1, -0.05) is 41.9 Å². The van der Waals surface area contributed by atoms with E-state index in [4.69, 9.17) is 11.6 Å². The Hall–Kier alpha value is -2.20. The first-order valence-corrected chi connectivity index (χ1v) is 8.08. The van der Waals surface area contributed by atoms with Gasteiger partial charge in [0.2, 0.25) is 0 Å². The number of hydrogen-bond donors (Lipinski definition) is 0. The second-order valence-electron chi connectivity index (χ2n) is 6.69. The summed E-state index contributed by atoms with van der Waals surface area (Å²) in [6, 6.07) is 14.4. The van der Waals surface area contributed by atoms with Crippen molar-refractivity contribution in [2.75, 3.05) is 4.90 Å². The van der Waals surface area contributed by atoms with Gasteiger partial charge in [0.05, 0.1) is 11.4 Å². The molecule has 0 fully saturated rings. The van der Waals surface area contributed by atoms with Crippen molar-refractivity contribution in [2.45, 2.75) is 32.6 Å². The highest BCUT2D eigenvalue weighted by atomic mass is 35.5. The molecule has 1 aliphatic heterocycles. The summed E-state index contributed by atoms with van der Waals surface area (Å²) in [6.45, 7) is 5.59. The fourth-order valence-corrected chi connectivity index (χ4v) is 3.05. The van der Waals surface area contributed by atoms with Gasteiger partial charge in [0.15, 0.2) is 0 Å². The number of carbonyl (C=O) groups excluding carboxylic acids is 1. The SMILES string of the molecule is CC(C)(C)N1C(=O)C(F)N=C(c2ccccc2)c2cc(Cl)ccc21. The topological polar surface area (TPSA) is 32.7 Å². The first-order valence-electron chi connectivity index (χ1n) is 7.70. The Bertz CT molecular complexity index is 812. The maximum atomic E-state index is 14.6. The van der Waals surface area contributed by atoms with Crippen molar-refractivity contribution < 1.29 is 9.18 Å². The lowest BCUT2D eigenvalue weighted by atomic mass is 9.97. The number of carbonyl (C=O) groups is 1. The number of anilines is 1. The molecule has 2 aromatic carbocycles. The summed E-state index contributed by atoms with van der Waals surface area (Å²) in [7, 11) is 0. The zero-order valence-corrected chi connectivity index (χ0v) is 14.5. The van der Waals surface area contributed by atoms with Crippen molar-refractivity contribution in [2.24, 2.45) is 4.99 Å². The number of benzene rings is 2. The summed E-state index contributed by atoms with van der Waals surface area (Å²) >= 11 is 6.17. The van der Waals surface area contributed by atoms with Crippen molar-refractivity contribution in [1.29, 1.82) is 0 Å². The molecule has 1 aliphatic rings. The van der Waals surface area contributed by atoms with Crippen molar-refractivity contribution in [3.05, 3.63) is 64.7 Å². The van der Waals surface area contributed by atoms with Crippen LogP contribution in [0, 0.1) is 0 Å². The molecule has 1 amide bonds. The number of alkyl halides is 1. The molecule has 2 aromatic rings. The minimum atomic E-state index is -1.95. The van der Waals surface area contributed by atoms with Gasteiger partial charge >= 0.3 is 0 Å².